The summed E-state index contributed by atoms with van der Waals surface area (Å²) in [6.07, 6.45) is 5.85. The number of benzene rings is 1. The van der Waals surface area contributed by atoms with Gasteiger partial charge in [-0.05, 0) is 31.0 Å². The summed E-state index contributed by atoms with van der Waals surface area (Å²) in [5.74, 6) is 0.565. The first-order chi connectivity index (χ1) is 12.5. The number of aromatic nitrogens is 3. The maximum atomic E-state index is 11.4. The second-order valence-corrected chi connectivity index (χ2v) is 6.48. The number of fused-ring (bicyclic) bond motifs is 1. The lowest BCUT2D eigenvalue weighted by atomic mass is 10.1. The van der Waals surface area contributed by atoms with Gasteiger partial charge in [-0.2, -0.15) is 10.4 Å². The minimum absolute atomic E-state index is 0.274. The summed E-state index contributed by atoms with van der Waals surface area (Å²) in [6, 6.07) is 11.1. The normalized spacial score (nSPS) is 13.0. The van der Waals surface area contributed by atoms with Gasteiger partial charge in [-0.15, -0.1) is 0 Å². The molecule has 0 aliphatic heterocycles. The van der Waals surface area contributed by atoms with E-state index in [1.54, 1.807) is 22.7 Å². The molecule has 2 N–H and O–H groups in total. The van der Waals surface area contributed by atoms with Crippen molar-refractivity contribution in [2.75, 3.05) is 0 Å². The van der Waals surface area contributed by atoms with Gasteiger partial charge in [-0.3, -0.25) is 4.79 Å². The number of hydrogen-bond donors (Lipinski definition) is 1. The first-order valence-electron chi connectivity index (χ1n) is 8.69. The van der Waals surface area contributed by atoms with Crippen LogP contribution in [0, 0.1) is 24.2 Å². The molecule has 0 unspecified atom stereocenters. The summed E-state index contributed by atoms with van der Waals surface area (Å²) < 4.78 is 1.57. The Kier molecular flexibility index (Phi) is 4.99. The molecule has 132 valence electrons. The van der Waals surface area contributed by atoms with Crippen LogP contribution in [0.5, 0.6) is 0 Å². The van der Waals surface area contributed by atoms with E-state index in [2.05, 4.69) is 23.1 Å². The first kappa shape index (κ1) is 17.6. The van der Waals surface area contributed by atoms with Crippen LogP contribution in [-0.4, -0.2) is 20.5 Å². The number of carbonyl (C=O) groups is 1. The lowest BCUT2D eigenvalue weighted by Crippen LogP contribution is -2.11. The van der Waals surface area contributed by atoms with Gasteiger partial charge in [0.2, 0.25) is 0 Å². The molecule has 2 heterocycles. The van der Waals surface area contributed by atoms with Crippen LogP contribution in [0.2, 0.25) is 0 Å². The van der Waals surface area contributed by atoms with Gasteiger partial charge in [0, 0.05) is 11.3 Å². The molecule has 1 saturated carbocycles. The number of hydrogen-bond acceptors (Lipinski definition) is 4. The third kappa shape index (κ3) is 3.72. The van der Waals surface area contributed by atoms with Gasteiger partial charge in [0.1, 0.15) is 5.56 Å². The molecule has 0 radical (unpaired) electrons. The second-order valence-electron chi connectivity index (χ2n) is 6.48. The van der Waals surface area contributed by atoms with Crippen molar-refractivity contribution in [2.24, 2.45) is 11.7 Å². The van der Waals surface area contributed by atoms with Crippen LogP contribution in [0.25, 0.3) is 16.9 Å². The molecule has 6 heteroatoms. The van der Waals surface area contributed by atoms with Crippen LogP contribution in [-0.2, 0) is 0 Å². The third-order valence-corrected chi connectivity index (χ3v) is 4.48. The fourth-order valence-electron chi connectivity index (χ4n) is 2.71. The van der Waals surface area contributed by atoms with E-state index in [0.717, 1.165) is 17.2 Å². The molecule has 2 aromatic heterocycles. The Hall–Kier alpha value is -3.20. The summed E-state index contributed by atoms with van der Waals surface area (Å²) in [6.45, 7) is 4.13. The second kappa shape index (κ2) is 7.36. The van der Waals surface area contributed by atoms with Gasteiger partial charge in [-0.25, -0.2) is 9.50 Å². The molecule has 1 aliphatic rings. The topological polar surface area (TPSA) is 97.1 Å². The van der Waals surface area contributed by atoms with E-state index in [1.807, 2.05) is 19.1 Å². The predicted octanol–water partition coefficient (Wildman–Crippen LogP) is 3.48. The smallest absolute Gasteiger partial charge is 0.254 e. The quantitative estimate of drug-likeness (QED) is 0.784. The predicted molar refractivity (Wildman–Crippen MR) is 99.4 cm³/mol. The van der Waals surface area contributed by atoms with E-state index in [-0.39, 0.29) is 5.56 Å². The van der Waals surface area contributed by atoms with E-state index in [0.29, 0.717) is 16.9 Å². The Bertz CT molecular complexity index is 995. The van der Waals surface area contributed by atoms with E-state index >= 15 is 0 Å². The average molecular weight is 347 g/mol. The maximum Gasteiger partial charge on any atom is 0.254 e. The van der Waals surface area contributed by atoms with Gasteiger partial charge in [0.25, 0.3) is 5.91 Å². The first-order valence-corrected chi connectivity index (χ1v) is 8.69. The third-order valence-electron chi connectivity index (χ3n) is 4.48. The van der Waals surface area contributed by atoms with Crippen molar-refractivity contribution < 1.29 is 4.79 Å². The molecule has 0 saturated heterocycles. The minimum Gasteiger partial charge on any atom is -0.365 e. The van der Waals surface area contributed by atoms with E-state index in [1.165, 1.54) is 25.5 Å². The van der Waals surface area contributed by atoms with E-state index in [9.17, 15) is 4.79 Å². The van der Waals surface area contributed by atoms with Crippen LogP contribution in [0.15, 0.2) is 36.5 Å². The molecule has 0 bridgehead atoms. The zero-order chi connectivity index (χ0) is 18.7. The van der Waals surface area contributed by atoms with E-state index in [4.69, 9.17) is 11.0 Å². The molecular formula is C20H21N5O. The van der Waals surface area contributed by atoms with Crippen LogP contribution in [0.4, 0.5) is 0 Å². The van der Waals surface area contributed by atoms with Crippen molar-refractivity contribution in [1.82, 2.24) is 14.6 Å². The Morgan fingerprint density at radius 1 is 1.38 bits per heavy atom. The van der Waals surface area contributed by atoms with Gasteiger partial charge in [-0.1, -0.05) is 38.3 Å². The largest absolute Gasteiger partial charge is 0.365 e. The molecule has 4 rings (SSSR count). The van der Waals surface area contributed by atoms with Crippen molar-refractivity contribution >= 4 is 11.6 Å². The van der Waals surface area contributed by atoms with E-state index < -0.39 is 5.91 Å². The van der Waals surface area contributed by atoms with Crippen molar-refractivity contribution in [3.8, 4) is 17.3 Å². The molecular weight excluding hydrogens is 326 g/mol. The molecule has 0 spiro atoms. The fourth-order valence-corrected chi connectivity index (χ4v) is 2.71. The standard InChI is InChI=1S/C15H11N5O.C5H10/c1-9-5-13(11-4-2-3-10(6-11)7-16)19-15-12(14(17)21)8-18-20(9)15;1-2-5-3-4-5/h2-6,8H,1H3,(H2,17,21);5H,2-4H2,1H3. The zero-order valence-electron chi connectivity index (χ0n) is 14.9. The molecule has 1 aromatic carbocycles. The number of nitrogens with zero attached hydrogens (tertiary/aromatic N) is 4. The van der Waals surface area contributed by atoms with Crippen LogP contribution in [0.1, 0.15) is 47.8 Å². The number of nitriles is 1. The van der Waals surface area contributed by atoms with Gasteiger partial charge in [0.15, 0.2) is 5.65 Å². The molecule has 6 nitrogen and oxygen atoms in total. The Balaban J connectivity index is 0.000000339. The lowest BCUT2D eigenvalue weighted by Gasteiger charge is -2.05. The summed E-state index contributed by atoms with van der Waals surface area (Å²) in [5, 5.41) is 13.1. The van der Waals surface area contributed by atoms with Crippen molar-refractivity contribution in [1.29, 1.82) is 5.26 Å². The molecule has 1 amide bonds. The monoisotopic (exact) mass is 347 g/mol. The SMILES string of the molecule is CCC1CC1.Cc1cc(-c2cccc(C#N)c2)nc2c(C(N)=O)cnn12. The Labute approximate surface area is 152 Å². The number of carbonyl (C=O) groups excluding carboxylic acids is 1. The highest BCUT2D eigenvalue weighted by atomic mass is 16.1. The molecule has 1 aliphatic carbocycles. The Morgan fingerprint density at radius 2 is 2.15 bits per heavy atom. The highest BCUT2D eigenvalue weighted by Crippen LogP contribution is 2.31. The van der Waals surface area contributed by atoms with Gasteiger partial charge < -0.3 is 5.73 Å². The average Bonchev–Trinajstić information content (AvgIpc) is 3.39. The fraction of sp³-hybridized carbons (Fsp3) is 0.300. The van der Waals surface area contributed by atoms with Gasteiger partial charge >= 0.3 is 0 Å². The van der Waals surface area contributed by atoms with Crippen LogP contribution in [0.3, 0.4) is 0 Å². The van der Waals surface area contributed by atoms with Crippen LogP contribution < -0.4 is 5.73 Å². The van der Waals surface area contributed by atoms with Crippen molar-refractivity contribution in [3.05, 3.63) is 53.3 Å². The zero-order valence-corrected chi connectivity index (χ0v) is 14.9. The number of aryl methyl sites for hydroxylation is 1. The van der Waals surface area contributed by atoms with Crippen LogP contribution >= 0.6 is 0 Å². The summed E-state index contributed by atoms with van der Waals surface area (Å²) >= 11 is 0. The summed E-state index contributed by atoms with van der Waals surface area (Å²) in [5.41, 5.74) is 8.87. The number of amides is 1. The molecule has 0 atom stereocenters. The highest BCUT2D eigenvalue weighted by molar-refractivity contribution is 5.98. The molecule has 3 aromatic rings. The number of rotatable bonds is 3. The highest BCUT2D eigenvalue weighted by Gasteiger charge is 2.17. The summed E-state index contributed by atoms with van der Waals surface area (Å²) in [4.78, 5) is 15.9. The molecule has 1 fully saturated rings. The Morgan fingerprint density at radius 3 is 2.73 bits per heavy atom. The van der Waals surface area contributed by atoms with Gasteiger partial charge in [0.05, 0.1) is 23.5 Å². The number of nitrogens with two attached hydrogens (primary N) is 1. The summed E-state index contributed by atoms with van der Waals surface area (Å²) in [7, 11) is 0. The molecule has 26 heavy (non-hydrogen) atoms. The minimum atomic E-state index is -0.570. The number of primary amides is 1. The maximum absolute atomic E-state index is 11.4. The lowest BCUT2D eigenvalue weighted by molar-refractivity contribution is 0.100. The van der Waals surface area contributed by atoms with Crippen molar-refractivity contribution in [3.63, 3.8) is 0 Å². The van der Waals surface area contributed by atoms with Crippen molar-refractivity contribution in [2.45, 2.75) is 33.1 Å².